The molecule has 11 heavy (non-hydrogen) atoms. The van der Waals surface area contributed by atoms with E-state index in [-0.39, 0.29) is 0 Å². The van der Waals surface area contributed by atoms with E-state index in [2.05, 4.69) is 5.18 Å². The van der Waals surface area contributed by atoms with E-state index in [9.17, 15) is 9.70 Å². The smallest absolute Gasteiger partial charge is 0.354 e. The van der Waals surface area contributed by atoms with Crippen LogP contribution in [0.2, 0.25) is 0 Å². The van der Waals surface area contributed by atoms with Gasteiger partial charge in [0.1, 0.15) is 0 Å². The lowest BCUT2D eigenvalue weighted by Crippen LogP contribution is -2.59. The lowest BCUT2D eigenvalue weighted by atomic mass is 10.1. The normalized spacial score (nSPS) is 18.5. The van der Waals surface area contributed by atoms with Crippen LogP contribution in [0.3, 0.4) is 0 Å². The standard InChI is InChI=1S/C4H9N3O4/c1-2(5)4(6-10,7-11)3(8)9/h2,6,10H,5H2,1H3,(H,8,9). The maximum absolute atomic E-state index is 10.3. The highest BCUT2D eigenvalue weighted by atomic mass is 16.5. The van der Waals surface area contributed by atoms with Crippen molar-refractivity contribution in [3.8, 4) is 0 Å². The number of hydrogen-bond donors (Lipinski definition) is 4. The molecule has 0 aromatic carbocycles. The molecule has 0 aromatic rings. The van der Waals surface area contributed by atoms with Gasteiger partial charge in [0.2, 0.25) is 0 Å². The van der Waals surface area contributed by atoms with Crippen LogP contribution in [0.4, 0.5) is 0 Å². The minimum absolute atomic E-state index is 1.12. The number of aliphatic carboxylic acids is 1. The van der Waals surface area contributed by atoms with Crippen molar-refractivity contribution in [2.75, 3.05) is 0 Å². The Hall–Kier alpha value is -1.05. The summed E-state index contributed by atoms with van der Waals surface area (Å²) >= 11 is 0. The second kappa shape index (κ2) is 3.37. The molecule has 0 aliphatic heterocycles. The van der Waals surface area contributed by atoms with Crippen molar-refractivity contribution in [3.63, 3.8) is 0 Å². The molecule has 2 unspecified atom stereocenters. The SMILES string of the molecule is CC(N)C(N=O)(NO)C(=O)O. The fraction of sp³-hybridized carbons (Fsp3) is 0.750. The van der Waals surface area contributed by atoms with E-state index in [4.69, 9.17) is 16.0 Å². The zero-order chi connectivity index (χ0) is 9.07. The van der Waals surface area contributed by atoms with E-state index in [1.165, 1.54) is 12.4 Å². The lowest BCUT2D eigenvalue weighted by Gasteiger charge is -2.22. The number of nitroso groups, excluding NO2 is 1. The van der Waals surface area contributed by atoms with Crippen molar-refractivity contribution in [3.05, 3.63) is 4.91 Å². The molecule has 2 atom stereocenters. The minimum atomic E-state index is -2.35. The van der Waals surface area contributed by atoms with Crippen LogP contribution in [-0.2, 0) is 4.79 Å². The van der Waals surface area contributed by atoms with Crippen LogP contribution in [0.1, 0.15) is 6.92 Å². The Bertz CT molecular complexity index is 171. The van der Waals surface area contributed by atoms with E-state index in [1.807, 2.05) is 0 Å². The van der Waals surface area contributed by atoms with Crippen LogP contribution in [0.5, 0.6) is 0 Å². The van der Waals surface area contributed by atoms with Crippen molar-refractivity contribution in [2.24, 2.45) is 10.9 Å². The van der Waals surface area contributed by atoms with E-state index >= 15 is 0 Å². The van der Waals surface area contributed by atoms with Gasteiger partial charge in [-0.25, -0.2) is 4.79 Å². The molecular weight excluding hydrogens is 154 g/mol. The van der Waals surface area contributed by atoms with Crippen molar-refractivity contribution >= 4 is 5.97 Å². The van der Waals surface area contributed by atoms with Gasteiger partial charge in [0, 0.05) is 0 Å². The van der Waals surface area contributed by atoms with Crippen molar-refractivity contribution in [1.29, 1.82) is 0 Å². The van der Waals surface area contributed by atoms with E-state index in [1.54, 1.807) is 0 Å². The van der Waals surface area contributed by atoms with Crippen LogP contribution in [0, 0.1) is 4.91 Å². The Labute approximate surface area is 62.1 Å². The first-order valence-corrected chi connectivity index (χ1v) is 2.76. The highest BCUT2D eigenvalue weighted by Gasteiger charge is 2.44. The number of carboxylic acids is 1. The third-order valence-electron chi connectivity index (χ3n) is 1.30. The van der Waals surface area contributed by atoms with Gasteiger partial charge in [-0.05, 0) is 12.1 Å². The zero-order valence-electron chi connectivity index (χ0n) is 5.81. The molecule has 0 aliphatic rings. The number of nitrogens with two attached hydrogens (primary N) is 1. The Morgan fingerprint density at radius 2 is 2.27 bits per heavy atom. The summed E-state index contributed by atoms with van der Waals surface area (Å²) in [5, 5.41) is 18.9. The number of hydroxylamine groups is 1. The summed E-state index contributed by atoms with van der Waals surface area (Å²) in [4.78, 5) is 20.3. The highest BCUT2D eigenvalue weighted by molar-refractivity contribution is 5.79. The van der Waals surface area contributed by atoms with Crippen LogP contribution in [0.15, 0.2) is 5.18 Å². The Kier molecular flexibility index (Phi) is 3.05. The van der Waals surface area contributed by atoms with Gasteiger partial charge in [0.15, 0.2) is 0 Å². The van der Waals surface area contributed by atoms with E-state index in [0.29, 0.717) is 0 Å². The molecule has 5 N–H and O–H groups in total. The molecule has 0 amide bonds. The fourth-order valence-electron chi connectivity index (χ4n) is 0.487. The predicted octanol–water partition coefficient (Wildman–Crippen LogP) is -1.14. The first-order valence-electron chi connectivity index (χ1n) is 2.76. The molecule has 0 fully saturated rings. The Morgan fingerprint density at radius 1 is 1.82 bits per heavy atom. The zero-order valence-corrected chi connectivity index (χ0v) is 5.81. The molecule has 0 saturated heterocycles. The molecule has 0 rings (SSSR count). The molecule has 7 nitrogen and oxygen atoms in total. The molecule has 0 spiro atoms. The number of nitrogens with zero attached hydrogens (tertiary/aromatic N) is 1. The fourth-order valence-corrected chi connectivity index (χ4v) is 0.487. The summed E-state index contributed by atoms with van der Waals surface area (Å²) in [5.74, 6) is -1.62. The van der Waals surface area contributed by atoms with Gasteiger partial charge in [-0.3, -0.25) is 0 Å². The Morgan fingerprint density at radius 3 is 2.27 bits per heavy atom. The second-order valence-electron chi connectivity index (χ2n) is 2.06. The Balaban J connectivity index is 4.75. The molecule has 7 heteroatoms. The van der Waals surface area contributed by atoms with Crippen molar-refractivity contribution in [1.82, 2.24) is 5.48 Å². The van der Waals surface area contributed by atoms with Gasteiger partial charge in [-0.1, -0.05) is 0 Å². The quantitative estimate of drug-likeness (QED) is 0.306. The van der Waals surface area contributed by atoms with Crippen LogP contribution < -0.4 is 11.2 Å². The topological polar surface area (TPSA) is 125 Å². The summed E-state index contributed by atoms with van der Waals surface area (Å²) in [6.45, 7) is 1.23. The third kappa shape index (κ3) is 1.50. The van der Waals surface area contributed by atoms with Gasteiger partial charge in [0.25, 0.3) is 5.66 Å². The monoisotopic (exact) mass is 163 g/mol. The van der Waals surface area contributed by atoms with Crippen LogP contribution >= 0.6 is 0 Å². The molecule has 0 bridgehead atoms. The van der Waals surface area contributed by atoms with Crippen molar-refractivity contribution in [2.45, 2.75) is 18.6 Å². The van der Waals surface area contributed by atoms with E-state index < -0.39 is 17.7 Å². The van der Waals surface area contributed by atoms with E-state index in [0.717, 1.165) is 0 Å². The summed E-state index contributed by atoms with van der Waals surface area (Å²) in [6, 6.07) is -1.12. The summed E-state index contributed by atoms with van der Waals surface area (Å²) in [5.41, 5.74) is 4.01. The van der Waals surface area contributed by atoms with Gasteiger partial charge >= 0.3 is 5.97 Å². The lowest BCUT2D eigenvalue weighted by molar-refractivity contribution is -0.150. The molecule has 0 aliphatic carbocycles. The number of carboxylic acid groups (broad SMARTS) is 1. The minimum Gasteiger partial charge on any atom is -0.478 e. The highest BCUT2D eigenvalue weighted by Crippen LogP contribution is 2.09. The van der Waals surface area contributed by atoms with Crippen LogP contribution in [-0.4, -0.2) is 28.0 Å². The molecule has 0 radical (unpaired) electrons. The van der Waals surface area contributed by atoms with Crippen LogP contribution in [0.25, 0.3) is 0 Å². The maximum Gasteiger partial charge on any atom is 0.354 e. The number of nitrogens with one attached hydrogen (secondary N) is 1. The third-order valence-corrected chi connectivity index (χ3v) is 1.30. The maximum atomic E-state index is 10.3. The number of rotatable bonds is 4. The van der Waals surface area contributed by atoms with Gasteiger partial charge in [0.05, 0.1) is 6.04 Å². The first kappa shape index (κ1) is 9.95. The summed E-state index contributed by atoms with van der Waals surface area (Å²) in [7, 11) is 0. The molecule has 64 valence electrons. The largest absolute Gasteiger partial charge is 0.478 e. The first-order chi connectivity index (χ1) is 5.01. The van der Waals surface area contributed by atoms with Gasteiger partial charge < -0.3 is 16.0 Å². The molecule has 0 saturated carbocycles. The molecular formula is C4H9N3O4. The number of hydrogen-bond acceptors (Lipinski definition) is 6. The predicted molar refractivity (Wildman–Crippen MR) is 34.7 cm³/mol. The average molecular weight is 163 g/mol. The summed E-state index contributed by atoms with van der Waals surface area (Å²) < 4.78 is 0. The molecule has 0 aromatic heterocycles. The number of carbonyl (C=O) groups is 1. The molecule has 0 heterocycles. The van der Waals surface area contributed by atoms with Gasteiger partial charge in [-0.2, -0.15) is 5.48 Å². The van der Waals surface area contributed by atoms with Crippen molar-refractivity contribution < 1.29 is 15.1 Å². The van der Waals surface area contributed by atoms with Gasteiger partial charge in [-0.15, -0.1) is 4.91 Å². The second-order valence-corrected chi connectivity index (χ2v) is 2.06. The summed E-state index contributed by atoms with van der Waals surface area (Å²) in [6.07, 6.45) is 0. The average Bonchev–Trinajstić information content (AvgIpc) is 1.90.